The van der Waals surface area contributed by atoms with Crippen molar-refractivity contribution in [2.45, 2.75) is 71.0 Å². The number of hydrogen-bond donors (Lipinski definition) is 2. The molecule has 4 rings (SSSR count). The molecule has 0 aliphatic heterocycles. The third-order valence-electron chi connectivity index (χ3n) is 6.55. The van der Waals surface area contributed by atoms with Crippen molar-refractivity contribution in [3.8, 4) is 10.6 Å². The van der Waals surface area contributed by atoms with Crippen LogP contribution in [0.3, 0.4) is 0 Å². The average molecular weight is 468 g/mol. The van der Waals surface area contributed by atoms with Gasteiger partial charge in [-0.25, -0.2) is 4.79 Å². The van der Waals surface area contributed by atoms with Crippen LogP contribution in [-0.2, 0) is 22.6 Å². The smallest absolute Gasteiger partial charge is 0.315 e. The molecule has 0 saturated heterocycles. The quantitative estimate of drug-likeness (QED) is 0.409. The Labute approximate surface area is 199 Å². The summed E-state index contributed by atoms with van der Waals surface area (Å²) in [6.45, 7) is 5.58. The molecule has 6 nitrogen and oxygen atoms in total. The van der Waals surface area contributed by atoms with Crippen molar-refractivity contribution in [3.63, 3.8) is 0 Å². The number of rotatable bonds is 8. The molecule has 3 aromatic rings. The van der Waals surface area contributed by atoms with Crippen LogP contribution in [-0.4, -0.2) is 28.7 Å². The van der Waals surface area contributed by atoms with E-state index in [0.717, 1.165) is 55.3 Å². The lowest BCUT2D eigenvalue weighted by Gasteiger charge is -2.37. The summed E-state index contributed by atoms with van der Waals surface area (Å²) in [5.41, 5.74) is 2.93. The van der Waals surface area contributed by atoms with E-state index in [1.807, 2.05) is 13.0 Å². The van der Waals surface area contributed by atoms with E-state index < -0.39 is 5.54 Å². The van der Waals surface area contributed by atoms with E-state index in [4.69, 9.17) is 4.74 Å². The molecular formula is C26H33N3O3S. The van der Waals surface area contributed by atoms with Crippen LogP contribution >= 0.6 is 11.3 Å². The number of nitrogens with zero attached hydrogens (tertiary/aromatic N) is 1. The monoisotopic (exact) mass is 467 g/mol. The standard InChI is InChI=1S/C26H33N3O3S/c1-3-29-21-12-7-6-11-19(21)20(24(29)22-13-10-16-33-22)18-27-25(31)28-26(14-8-5-9-15-26)17-23(30)32-4-2/h6-7,10-13,16H,3-5,8-9,14-15,17-18H2,1-2H3,(H2,27,28,31). The molecule has 2 N–H and O–H groups in total. The molecule has 2 aromatic heterocycles. The lowest BCUT2D eigenvalue weighted by Crippen LogP contribution is -2.54. The zero-order valence-electron chi connectivity index (χ0n) is 19.5. The van der Waals surface area contributed by atoms with Gasteiger partial charge in [0.2, 0.25) is 0 Å². The highest BCUT2D eigenvalue weighted by molar-refractivity contribution is 7.13. The first kappa shape index (κ1) is 23.4. The molecule has 0 unspecified atom stereocenters. The van der Waals surface area contributed by atoms with Crippen LogP contribution in [0.4, 0.5) is 4.79 Å². The molecule has 0 radical (unpaired) electrons. The lowest BCUT2D eigenvalue weighted by molar-refractivity contribution is -0.145. The third-order valence-corrected chi connectivity index (χ3v) is 7.43. The van der Waals surface area contributed by atoms with Crippen LogP contribution in [0.25, 0.3) is 21.5 Å². The fourth-order valence-electron chi connectivity index (χ4n) is 5.09. The van der Waals surface area contributed by atoms with Gasteiger partial charge >= 0.3 is 12.0 Å². The minimum Gasteiger partial charge on any atom is -0.466 e. The average Bonchev–Trinajstić information content (AvgIpc) is 3.44. The first-order valence-electron chi connectivity index (χ1n) is 11.9. The van der Waals surface area contributed by atoms with Gasteiger partial charge in [0.05, 0.1) is 29.1 Å². The van der Waals surface area contributed by atoms with Gasteiger partial charge in [0.25, 0.3) is 0 Å². The fourth-order valence-corrected chi connectivity index (χ4v) is 5.90. The molecule has 7 heteroatoms. The van der Waals surface area contributed by atoms with E-state index in [1.165, 1.54) is 10.4 Å². The Morgan fingerprint density at radius 2 is 1.88 bits per heavy atom. The maximum atomic E-state index is 13.1. The van der Waals surface area contributed by atoms with Crippen LogP contribution < -0.4 is 10.6 Å². The molecular weight excluding hydrogens is 434 g/mol. The fraction of sp³-hybridized carbons (Fsp3) is 0.462. The molecule has 2 heterocycles. The van der Waals surface area contributed by atoms with E-state index in [1.54, 1.807) is 11.3 Å². The van der Waals surface area contributed by atoms with Crippen molar-refractivity contribution in [1.29, 1.82) is 0 Å². The minimum absolute atomic E-state index is 0.226. The number of ether oxygens (including phenoxy) is 1. The summed E-state index contributed by atoms with van der Waals surface area (Å²) in [6, 6.07) is 12.3. The zero-order chi connectivity index (χ0) is 23.3. The Kier molecular flexibility index (Phi) is 7.38. The summed E-state index contributed by atoms with van der Waals surface area (Å²) in [5, 5.41) is 9.49. The van der Waals surface area contributed by atoms with Crippen molar-refractivity contribution in [2.24, 2.45) is 0 Å². The molecule has 176 valence electrons. The molecule has 0 spiro atoms. The topological polar surface area (TPSA) is 72.4 Å². The van der Waals surface area contributed by atoms with Crippen LogP contribution in [0.2, 0.25) is 0 Å². The van der Waals surface area contributed by atoms with E-state index in [-0.39, 0.29) is 18.4 Å². The van der Waals surface area contributed by atoms with Gasteiger partial charge in [-0.1, -0.05) is 43.5 Å². The predicted octanol–water partition coefficient (Wildman–Crippen LogP) is 5.85. The van der Waals surface area contributed by atoms with E-state index in [0.29, 0.717) is 13.2 Å². The number of aryl methyl sites for hydroxylation is 1. The predicted molar refractivity (Wildman–Crippen MR) is 133 cm³/mol. The molecule has 1 aromatic carbocycles. The highest BCUT2D eigenvalue weighted by Crippen LogP contribution is 2.36. The molecule has 1 fully saturated rings. The van der Waals surface area contributed by atoms with Crippen LogP contribution in [0.1, 0.15) is 57.9 Å². The van der Waals surface area contributed by atoms with Crippen molar-refractivity contribution in [3.05, 3.63) is 47.3 Å². The Morgan fingerprint density at radius 1 is 1.09 bits per heavy atom. The second-order valence-electron chi connectivity index (χ2n) is 8.70. The van der Waals surface area contributed by atoms with Gasteiger partial charge in [-0.15, -0.1) is 11.3 Å². The maximum Gasteiger partial charge on any atom is 0.315 e. The number of thiophene rings is 1. The SMILES string of the molecule is CCOC(=O)CC1(NC(=O)NCc2c(-c3cccs3)n(CC)c3ccccc23)CCCCC1. The summed E-state index contributed by atoms with van der Waals surface area (Å²) in [4.78, 5) is 26.5. The van der Waals surface area contributed by atoms with Gasteiger partial charge in [-0.3, -0.25) is 4.79 Å². The Bertz CT molecular complexity index is 1100. The molecule has 0 atom stereocenters. The molecule has 1 aliphatic rings. The number of fused-ring (bicyclic) bond motifs is 1. The Balaban J connectivity index is 1.56. The summed E-state index contributed by atoms with van der Waals surface area (Å²) in [7, 11) is 0. The maximum absolute atomic E-state index is 13.1. The van der Waals surface area contributed by atoms with Crippen molar-refractivity contribution in [2.75, 3.05) is 6.61 Å². The van der Waals surface area contributed by atoms with E-state index in [2.05, 4.69) is 57.8 Å². The lowest BCUT2D eigenvalue weighted by atomic mass is 9.79. The number of urea groups is 1. The molecule has 33 heavy (non-hydrogen) atoms. The van der Waals surface area contributed by atoms with Crippen molar-refractivity contribution >= 4 is 34.2 Å². The van der Waals surface area contributed by atoms with Gasteiger partial charge in [0.15, 0.2) is 0 Å². The number of amides is 2. The number of carbonyl (C=O) groups is 2. The van der Waals surface area contributed by atoms with E-state index >= 15 is 0 Å². The molecule has 0 bridgehead atoms. The van der Waals surface area contributed by atoms with Gasteiger partial charge in [0, 0.05) is 29.6 Å². The van der Waals surface area contributed by atoms with Crippen LogP contribution in [0.15, 0.2) is 41.8 Å². The number of hydrogen-bond acceptors (Lipinski definition) is 4. The van der Waals surface area contributed by atoms with E-state index in [9.17, 15) is 9.59 Å². The van der Waals surface area contributed by atoms with Crippen molar-refractivity contribution < 1.29 is 14.3 Å². The number of para-hydroxylation sites is 1. The molecule has 1 aliphatic carbocycles. The van der Waals surface area contributed by atoms with Gasteiger partial charge in [0.1, 0.15) is 0 Å². The second kappa shape index (κ2) is 10.4. The number of carbonyl (C=O) groups excluding carboxylic acids is 2. The first-order chi connectivity index (χ1) is 16.1. The zero-order valence-corrected chi connectivity index (χ0v) is 20.3. The van der Waals surface area contributed by atoms with Gasteiger partial charge < -0.3 is 19.9 Å². The van der Waals surface area contributed by atoms with Crippen LogP contribution in [0, 0.1) is 0 Å². The largest absolute Gasteiger partial charge is 0.466 e. The number of aromatic nitrogens is 1. The number of esters is 1. The Hall–Kier alpha value is -2.80. The number of nitrogens with one attached hydrogen (secondary N) is 2. The van der Waals surface area contributed by atoms with Crippen LogP contribution in [0.5, 0.6) is 0 Å². The minimum atomic E-state index is -0.525. The van der Waals surface area contributed by atoms with Gasteiger partial charge in [-0.2, -0.15) is 0 Å². The summed E-state index contributed by atoms with van der Waals surface area (Å²) in [6.07, 6.45) is 4.97. The highest BCUT2D eigenvalue weighted by atomic mass is 32.1. The normalized spacial score (nSPS) is 15.3. The summed E-state index contributed by atoms with van der Waals surface area (Å²) >= 11 is 1.71. The third kappa shape index (κ3) is 5.08. The molecule has 2 amide bonds. The molecule has 1 saturated carbocycles. The highest BCUT2D eigenvalue weighted by Gasteiger charge is 2.36. The number of benzene rings is 1. The second-order valence-corrected chi connectivity index (χ2v) is 9.64. The summed E-state index contributed by atoms with van der Waals surface area (Å²) < 4.78 is 7.51. The summed E-state index contributed by atoms with van der Waals surface area (Å²) in [5.74, 6) is -0.245. The Morgan fingerprint density at radius 3 is 2.58 bits per heavy atom. The first-order valence-corrected chi connectivity index (χ1v) is 12.8. The van der Waals surface area contributed by atoms with Crippen molar-refractivity contribution in [1.82, 2.24) is 15.2 Å². The van der Waals surface area contributed by atoms with Gasteiger partial charge in [-0.05, 0) is 44.2 Å².